The molecule has 0 fully saturated rings. The third-order valence-electron chi connectivity index (χ3n) is 2.75. The third kappa shape index (κ3) is 3.45. The maximum absolute atomic E-state index is 9.17. The molecule has 18 heavy (non-hydrogen) atoms. The molecule has 1 aromatic carbocycles. The fourth-order valence-corrected chi connectivity index (χ4v) is 1.61. The number of anilines is 1. The van der Waals surface area contributed by atoms with Crippen molar-refractivity contribution in [3.63, 3.8) is 0 Å². The summed E-state index contributed by atoms with van der Waals surface area (Å²) in [4.78, 5) is 8.47. The van der Waals surface area contributed by atoms with E-state index in [0.717, 1.165) is 24.9 Å². The predicted octanol–water partition coefficient (Wildman–Crippen LogP) is 2.40. The van der Waals surface area contributed by atoms with Gasteiger partial charge in [-0.15, -0.1) is 0 Å². The molecule has 1 heterocycles. The van der Waals surface area contributed by atoms with Crippen LogP contribution in [0, 0.1) is 0 Å². The van der Waals surface area contributed by atoms with E-state index in [1.807, 2.05) is 24.5 Å². The highest BCUT2D eigenvalue weighted by Crippen LogP contribution is 2.10. The topological polar surface area (TPSA) is 58.0 Å². The monoisotopic (exact) mass is 243 g/mol. The molecular weight excluding hydrogens is 226 g/mol. The van der Waals surface area contributed by atoms with Gasteiger partial charge in [-0.1, -0.05) is 19.1 Å². The largest absolute Gasteiger partial charge is 0.508 e. The SMILES string of the molecule is CCc1cnc(NCCc2ccc(O)cc2)nc1. The van der Waals surface area contributed by atoms with Gasteiger partial charge in [0, 0.05) is 18.9 Å². The zero-order chi connectivity index (χ0) is 12.8. The van der Waals surface area contributed by atoms with Crippen LogP contribution < -0.4 is 5.32 Å². The molecule has 0 aliphatic heterocycles. The Bertz CT molecular complexity index is 479. The minimum atomic E-state index is 0.296. The van der Waals surface area contributed by atoms with Gasteiger partial charge in [-0.2, -0.15) is 0 Å². The van der Waals surface area contributed by atoms with Crippen molar-refractivity contribution >= 4 is 5.95 Å². The van der Waals surface area contributed by atoms with Gasteiger partial charge in [0.1, 0.15) is 5.75 Å². The van der Waals surface area contributed by atoms with Crippen molar-refractivity contribution in [2.45, 2.75) is 19.8 Å². The summed E-state index contributed by atoms with van der Waals surface area (Å²) in [6, 6.07) is 7.22. The molecule has 0 amide bonds. The third-order valence-corrected chi connectivity index (χ3v) is 2.75. The maximum atomic E-state index is 9.17. The van der Waals surface area contributed by atoms with Crippen LogP contribution in [-0.4, -0.2) is 21.6 Å². The fraction of sp³-hybridized carbons (Fsp3) is 0.286. The van der Waals surface area contributed by atoms with Crippen LogP contribution in [-0.2, 0) is 12.8 Å². The Morgan fingerprint density at radius 1 is 1.06 bits per heavy atom. The van der Waals surface area contributed by atoms with Crippen molar-refractivity contribution in [3.8, 4) is 5.75 Å². The van der Waals surface area contributed by atoms with Crippen molar-refractivity contribution in [1.82, 2.24) is 9.97 Å². The Balaban J connectivity index is 1.82. The highest BCUT2D eigenvalue weighted by atomic mass is 16.3. The zero-order valence-electron chi connectivity index (χ0n) is 10.4. The molecule has 4 heteroatoms. The molecule has 2 aromatic rings. The van der Waals surface area contributed by atoms with Gasteiger partial charge < -0.3 is 10.4 Å². The lowest BCUT2D eigenvalue weighted by molar-refractivity contribution is 0.475. The van der Waals surface area contributed by atoms with Crippen LogP contribution in [0.3, 0.4) is 0 Å². The number of aryl methyl sites for hydroxylation is 1. The lowest BCUT2D eigenvalue weighted by Gasteiger charge is -2.05. The van der Waals surface area contributed by atoms with Crippen molar-refractivity contribution in [3.05, 3.63) is 47.8 Å². The first kappa shape index (κ1) is 12.4. The Kier molecular flexibility index (Phi) is 4.12. The Hall–Kier alpha value is -2.10. The highest BCUT2D eigenvalue weighted by Gasteiger charge is 1.97. The van der Waals surface area contributed by atoms with E-state index in [-0.39, 0.29) is 0 Å². The number of phenolic OH excluding ortho intramolecular Hbond substituents is 1. The summed E-state index contributed by atoms with van der Waals surface area (Å²) >= 11 is 0. The van der Waals surface area contributed by atoms with Crippen LogP contribution in [0.25, 0.3) is 0 Å². The molecule has 0 bridgehead atoms. The van der Waals surface area contributed by atoms with Gasteiger partial charge in [0.2, 0.25) is 5.95 Å². The molecule has 2 rings (SSSR count). The smallest absolute Gasteiger partial charge is 0.222 e. The summed E-state index contributed by atoms with van der Waals surface area (Å²) in [5, 5.41) is 12.3. The number of nitrogens with zero attached hydrogens (tertiary/aromatic N) is 2. The van der Waals surface area contributed by atoms with Crippen LogP contribution in [0.1, 0.15) is 18.1 Å². The number of rotatable bonds is 5. The zero-order valence-corrected chi connectivity index (χ0v) is 10.4. The van der Waals surface area contributed by atoms with Gasteiger partial charge in [-0.05, 0) is 36.1 Å². The van der Waals surface area contributed by atoms with E-state index in [2.05, 4.69) is 22.2 Å². The summed E-state index contributed by atoms with van der Waals surface area (Å²) in [6.07, 6.45) is 5.51. The molecule has 0 unspecified atom stereocenters. The minimum Gasteiger partial charge on any atom is -0.508 e. The molecule has 0 spiro atoms. The Morgan fingerprint density at radius 3 is 2.33 bits per heavy atom. The Morgan fingerprint density at radius 2 is 1.72 bits per heavy atom. The standard InChI is InChI=1S/C14H17N3O/c1-2-11-9-16-14(17-10-11)15-8-7-12-3-5-13(18)6-4-12/h3-6,9-10,18H,2,7-8H2,1H3,(H,15,16,17). The van der Waals surface area contributed by atoms with Gasteiger partial charge in [-0.25, -0.2) is 9.97 Å². The number of aromatic hydroxyl groups is 1. The number of aromatic nitrogens is 2. The number of hydrogen-bond donors (Lipinski definition) is 2. The fourth-order valence-electron chi connectivity index (χ4n) is 1.61. The molecule has 0 aliphatic rings. The van der Waals surface area contributed by atoms with Crippen molar-refractivity contribution in [2.24, 2.45) is 0 Å². The number of benzene rings is 1. The van der Waals surface area contributed by atoms with Crippen molar-refractivity contribution < 1.29 is 5.11 Å². The van der Waals surface area contributed by atoms with Crippen LogP contribution in [0.5, 0.6) is 5.75 Å². The van der Waals surface area contributed by atoms with E-state index in [9.17, 15) is 5.11 Å². The summed E-state index contributed by atoms with van der Waals surface area (Å²) in [5.74, 6) is 0.955. The van der Waals surface area contributed by atoms with Crippen LogP contribution in [0.2, 0.25) is 0 Å². The molecule has 1 aromatic heterocycles. The van der Waals surface area contributed by atoms with Crippen LogP contribution in [0.15, 0.2) is 36.7 Å². The molecule has 0 aliphatic carbocycles. The average Bonchev–Trinajstić information content (AvgIpc) is 2.42. The first-order chi connectivity index (χ1) is 8.78. The summed E-state index contributed by atoms with van der Waals surface area (Å²) in [6.45, 7) is 2.85. The normalized spacial score (nSPS) is 10.3. The molecule has 94 valence electrons. The van der Waals surface area contributed by atoms with Gasteiger partial charge in [0.15, 0.2) is 0 Å². The molecule has 0 atom stereocenters. The van der Waals surface area contributed by atoms with E-state index in [1.165, 1.54) is 5.56 Å². The summed E-state index contributed by atoms with van der Waals surface area (Å²) in [7, 11) is 0. The molecule has 0 saturated carbocycles. The van der Waals surface area contributed by atoms with Gasteiger partial charge in [-0.3, -0.25) is 0 Å². The van der Waals surface area contributed by atoms with E-state index < -0.39 is 0 Å². The second kappa shape index (κ2) is 6.00. The molecule has 2 N–H and O–H groups in total. The molecule has 4 nitrogen and oxygen atoms in total. The van der Waals surface area contributed by atoms with E-state index in [4.69, 9.17) is 0 Å². The minimum absolute atomic E-state index is 0.296. The highest BCUT2D eigenvalue weighted by molar-refractivity contribution is 5.28. The van der Waals surface area contributed by atoms with Crippen LogP contribution in [0.4, 0.5) is 5.95 Å². The molecule has 0 saturated heterocycles. The van der Waals surface area contributed by atoms with E-state index in [1.54, 1.807) is 12.1 Å². The predicted molar refractivity (Wildman–Crippen MR) is 71.7 cm³/mol. The number of hydrogen-bond acceptors (Lipinski definition) is 4. The van der Waals surface area contributed by atoms with E-state index in [0.29, 0.717) is 11.7 Å². The van der Waals surface area contributed by atoms with Crippen molar-refractivity contribution in [2.75, 3.05) is 11.9 Å². The van der Waals surface area contributed by atoms with Gasteiger partial charge in [0.25, 0.3) is 0 Å². The second-order valence-corrected chi connectivity index (χ2v) is 4.11. The van der Waals surface area contributed by atoms with Crippen molar-refractivity contribution in [1.29, 1.82) is 0 Å². The molecular formula is C14H17N3O. The summed E-state index contributed by atoms with van der Waals surface area (Å²) in [5.41, 5.74) is 2.31. The summed E-state index contributed by atoms with van der Waals surface area (Å²) < 4.78 is 0. The van der Waals surface area contributed by atoms with E-state index >= 15 is 0 Å². The lowest BCUT2D eigenvalue weighted by atomic mass is 10.1. The first-order valence-electron chi connectivity index (χ1n) is 6.10. The van der Waals surface area contributed by atoms with Gasteiger partial charge in [0.05, 0.1) is 0 Å². The second-order valence-electron chi connectivity index (χ2n) is 4.11. The van der Waals surface area contributed by atoms with Gasteiger partial charge >= 0.3 is 0 Å². The number of nitrogens with one attached hydrogen (secondary N) is 1. The first-order valence-corrected chi connectivity index (χ1v) is 6.10. The van der Waals surface area contributed by atoms with Crippen LogP contribution >= 0.6 is 0 Å². The maximum Gasteiger partial charge on any atom is 0.222 e. The Labute approximate surface area is 107 Å². The lowest BCUT2D eigenvalue weighted by Crippen LogP contribution is -2.07. The number of phenols is 1. The average molecular weight is 243 g/mol. The molecule has 0 radical (unpaired) electrons. The quantitative estimate of drug-likeness (QED) is 0.846.